The van der Waals surface area contributed by atoms with Crippen molar-refractivity contribution in [2.45, 2.75) is 45.6 Å². The number of para-hydroxylation sites is 1. The quantitative estimate of drug-likeness (QED) is 0.338. The van der Waals surface area contributed by atoms with E-state index in [1.54, 1.807) is 42.5 Å². The van der Waals surface area contributed by atoms with Crippen molar-refractivity contribution < 1.29 is 13.2 Å². The Kier molecular flexibility index (Phi) is 9.22. The van der Waals surface area contributed by atoms with E-state index in [0.29, 0.717) is 35.6 Å². The molecular formula is C32H38N4O3S. The van der Waals surface area contributed by atoms with Crippen molar-refractivity contribution in [2.24, 2.45) is 4.99 Å². The largest absolute Gasteiger partial charge is 0.337 e. The van der Waals surface area contributed by atoms with Crippen molar-refractivity contribution >= 4 is 40.1 Å². The lowest BCUT2D eigenvalue weighted by molar-refractivity contribution is 0.0761. The molecule has 0 bridgehead atoms. The van der Waals surface area contributed by atoms with Crippen molar-refractivity contribution in [1.82, 2.24) is 9.80 Å². The molecule has 0 radical (unpaired) electrons. The average molecular weight is 559 g/mol. The Bertz CT molecular complexity index is 1530. The Morgan fingerprint density at radius 3 is 2.40 bits per heavy atom. The first kappa shape index (κ1) is 29.2. The van der Waals surface area contributed by atoms with E-state index in [-0.39, 0.29) is 10.8 Å². The summed E-state index contributed by atoms with van der Waals surface area (Å²) < 4.78 is 28.9. The third-order valence-corrected chi connectivity index (χ3v) is 8.84. The van der Waals surface area contributed by atoms with Crippen LogP contribution in [0, 0.1) is 20.8 Å². The monoisotopic (exact) mass is 558 g/mol. The summed E-state index contributed by atoms with van der Waals surface area (Å²) in [6.07, 6.45) is 4.51. The smallest absolute Gasteiger partial charge is 0.264 e. The van der Waals surface area contributed by atoms with Crippen molar-refractivity contribution in [3.63, 3.8) is 0 Å². The second kappa shape index (κ2) is 12.6. The van der Waals surface area contributed by atoms with E-state index in [9.17, 15) is 13.2 Å². The highest BCUT2D eigenvalue weighted by atomic mass is 32.2. The zero-order valence-electron chi connectivity index (χ0n) is 23.8. The summed E-state index contributed by atoms with van der Waals surface area (Å²) in [7, 11) is -3.91. The van der Waals surface area contributed by atoms with Gasteiger partial charge in [0.1, 0.15) is 4.90 Å². The van der Waals surface area contributed by atoms with E-state index in [4.69, 9.17) is 0 Å². The molecule has 0 atom stereocenters. The number of aliphatic imine (C=N–C) groups is 1. The molecule has 40 heavy (non-hydrogen) atoms. The van der Waals surface area contributed by atoms with Crippen LogP contribution in [0.2, 0.25) is 0 Å². The van der Waals surface area contributed by atoms with Crippen molar-refractivity contribution in [3.05, 3.63) is 94.1 Å². The fourth-order valence-corrected chi connectivity index (χ4v) is 6.33. The van der Waals surface area contributed by atoms with Gasteiger partial charge in [-0.25, -0.2) is 8.42 Å². The summed E-state index contributed by atoms with van der Waals surface area (Å²) >= 11 is 0. The molecule has 4 rings (SSSR count). The van der Waals surface area contributed by atoms with Gasteiger partial charge in [-0.15, -0.1) is 0 Å². The van der Waals surface area contributed by atoms with Crippen LogP contribution in [0.3, 0.4) is 0 Å². The molecule has 0 spiro atoms. The molecule has 1 saturated heterocycles. The molecule has 8 heteroatoms. The van der Waals surface area contributed by atoms with Gasteiger partial charge >= 0.3 is 0 Å². The van der Waals surface area contributed by atoms with Gasteiger partial charge in [0, 0.05) is 49.5 Å². The molecule has 0 aromatic heterocycles. The van der Waals surface area contributed by atoms with Gasteiger partial charge in [0.25, 0.3) is 15.9 Å². The van der Waals surface area contributed by atoms with Crippen LogP contribution < -0.4 is 4.72 Å². The first-order valence-electron chi connectivity index (χ1n) is 13.6. The zero-order valence-corrected chi connectivity index (χ0v) is 24.6. The number of carbonyl (C=O) groups is 1. The van der Waals surface area contributed by atoms with Crippen LogP contribution in [0.25, 0.3) is 6.08 Å². The molecule has 7 nitrogen and oxygen atoms in total. The molecule has 3 aromatic rings. The number of anilines is 1. The van der Waals surface area contributed by atoms with Crippen LogP contribution in [0.5, 0.6) is 0 Å². The highest BCUT2D eigenvalue weighted by molar-refractivity contribution is 7.92. The molecule has 0 unspecified atom stereocenters. The number of sulfonamides is 1. The predicted octanol–water partition coefficient (Wildman–Crippen LogP) is 6.13. The SMILES string of the molecule is C=Nc1c(/C=C\C)cccc1S(=O)(=O)Nc1ccc(C(=O)N2CCCN(Cc3cc(C)c(C)cc3C)CC2)cc1. The van der Waals surface area contributed by atoms with Crippen molar-refractivity contribution in [2.75, 3.05) is 30.9 Å². The van der Waals surface area contributed by atoms with E-state index in [1.165, 1.54) is 28.3 Å². The maximum Gasteiger partial charge on any atom is 0.264 e. The summed E-state index contributed by atoms with van der Waals surface area (Å²) in [6.45, 7) is 15.8. The minimum atomic E-state index is -3.91. The molecule has 1 heterocycles. The van der Waals surface area contributed by atoms with Crippen LogP contribution in [-0.4, -0.2) is 57.0 Å². The molecule has 0 saturated carbocycles. The number of aryl methyl sites for hydroxylation is 3. The second-order valence-corrected chi connectivity index (χ2v) is 12.0. The lowest BCUT2D eigenvalue weighted by atomic mass is 10.0. The number of hydrogen-bond acceptors (Lipinski definition) is 5. The summed E-state index contributed by atoms with van der Waals surface area (Å²) in [6, 6.07) is 16.1. The van der Waals surface area contributed by atoms with Crippen LogP contribution in [0.1, 0.15) is 51.5 Å². The van der Waals surface area contributed by atoms with Crippen molar-refractivity contribution in [1.29, 1.82) is 0 Å². The molecule has 1 aliphatic rings. The fourth-order valence-electron chi connectivity index (χ4n) is 5.08. The fraction of sp³-hybridized carbons (Fsp3) is 0.312. The van der Waals surface area contributed by atoms with E-state index in [1.807, 2.05) is 17.9 Å². The summed E-state index contributed by atoms with van der Waals surface area (Å²) in [5.41, 5.74) is 7.12. The van der Waals surface area contributed by atoms with Gasteiger partial charge in [0.15, 0.2) is 0 Å². The van der Waals surface area contributed by atoms with Gasteiger partial charge in [-0.05, 0) is 93.4 Å². The minimum Gasteiger partial charge on any atom is -0.337 e. The maximum atomic E-state index is 13.3. The lowest BCUT2D eigenvalue weighted by Crippen LogP contribution is -2.35. The Morgan fingerprint density at radius 1 is 0.975 bits per heavy atom. The van der Waals surface area contributed by atoms with Crippen LogP contribution in [0.4, 0.5) is 11.4 Å². The highest BCUT2D eigenvalue weighted by Gasteiger charge is 2.23. The molecule has 1 fully saturated rings. The molecule has 0 aliphatic carbocycles. The molecule has 1 aliphatic heterocycles. The summed E-state index contributed by atoms with van der Waals surface area (Å²) in [5.74, 6) is -0.0455. The lowest BCUT2D eigenvalue weighted by Gasteiger charge is -2.23. The molecule has 210 valence electrons. The van der Waals surface area contributed by atoms with Gasteiger partial charge in [0.2, 0.25) is 0 Å². The number of nitrogens with one attached hydrogen (secondary N) is 1. The first-order chi connectivity index (χ1) is 19.1. The first-order valence-corrected chi connectivity index (χ1v) is 15.0. The second-order valence-electron chi connectivity index (χ2n) is 10.3. The number of rotatable bonds is 8. The third-order valence-electron chi connectivity index (χ3n) is 7.43. The van der Waals surface area contributed by atoms with Crippen LogP contribution in [0.15, 0.2) is 70.6 Å². The molecule has 1 amide bonds. The van der Waals surface area contributed by atoms with Gasteiger partial charge < -0.3 is 4.90 Å². The number of nitrogens with zero attached hydrogens (tertiary/aromatic N) is 3. The number of carbonyl (C=O) groups excluding carboxylic acids is 1. The van der Waals surface area contributed by atoms with E-state index in [0.717, 1.165) is 26.1 Å². The summed E-state index contributed by atoms with van der Waals surface area (Å²) in [4.78, 5) is 21.6. The molecule has 1 N–H and O–H groups in total. The maximum absolute atomic E-state index is 13.3. The van der Waals surface area contributed by atoms with E-state index in [2.05, 4.69) is 54.2 Å². The average Bonchev–Trinajstić information content (AvgIpc) is 3.17. The van der Waals surface area contributed by atoms with Gasteiger partial charge in [-0.1, -0.05) is 36.4 Å². The number of amides is 1. The predicted molar refractivity (Wildman–Crippen MR) is 164 cm³/mol. The van der Waals surface area contributed by atoms with Gasteiger partial charge in [-0.2, -0.15) is 0 Å². The van der Waals surface area contributed by atoms with Gasteiger partial charge in [-0.3, -0.25) is 19.4 Å². The highest BCUT2D eigenvalue weighted by Crippen LogP contribution is 2.31. The van der Waals surface area contributed by atoms with E-state index >= 15 is 0 Å². The standard InChI is InChI=1S/C32H38N4O3S/c1-6-9-26-10-7-11-30(31(26)33-5)40(38,39)34-29-14-12-27(13-15-29)32(37)36-17-8-16-35(18-19-36)22-28-21-24(3)23(2)20-25(28)4/h6-7,9-15,20-21,34H,5,8,16-19,22H2,1-4H3/b9-6-. The van der Waals surface area contributed by atoms with Gasteiger partial charge in [0.05, 0.1) is 5.69 Å². The zero-order chi connectivity index (χ0) is 28.9. The molecular weight excluding hydrogens is 520 g/mol. The van der Waals surface area contributed by atoms with E-state index < -0.39 is 10.0 Å². The normalized spacial score (nSPS) is 14.8. The Balaban J connectivity index is 1.41. The Morgan fingerprint density at radius 2 is 1.70 bits per heavy atom. The number of hydrogen-bond donors (Lipinski definition) is 1. The Hall–Kier alpha value is -3.75. The molecule has 3 aromatic carbocycles. The van der Waals surface area contributed by atoms with Crippen LogP contribution >= 0.6 is 0 Å². The number of allylic oxidation sites excluding steroid dienone is 1. The van der Waals surface area contributed by atoms with Crippen molar-refractivity contribution in [3.8, 4) is 0 Å². The number of benzene rings is 3. The minimum absolute atomic E-state index is 0.0448. The topological polar surface area (TPSA) is 82.1 Å². The van der Waals surface area contributed by atoms with Crippen LogP contribution in [-0.2, 0) is 16.6 Å². The Labute approximate surface area is 238 Å². The third kappa shape index (κ3) is 6.69. The summed E-state index contributed by atoms with van der Waals surface area (Å²) in [5, 5.41) is 0.